The Bertz CT molecular complexity index is 1260. The molecule has 0 fully saturated rings. The highest BCUT2D eigenvalue weighted by Crippen LogP contribution is 2.13. The van der Waals surface area contributed by atoms with Gasteiger partial charge >= 0.3 is 0 Å². The number of hydrogen-bond donors (Lipinski definition) is 1. The fraction of sp³-hybridized carbons (Fsp3) is 0.0952. The summed E-state index contributed by atoms with van der Waals surface area (Å²) in [6.45, 7) is 2.17. The number of carbonyl (C=O) groups is 1. The number of nitrogens with zero attached hydrogens (tertiary/aromatic N) is 5. The van der Waals surface area contributed by atoms with Gasteiger partial charge in [0.2, 0.25) is 0 Å². The van der Waals surface area contributed by atoms with Crippen molar-refractivity contribution in [2.24, 2.45) is 5.10 Å². The summed E-state index contributed by atoms with van der Waals surface area (Å²) in [5, 5.41) is 13.4. The maximum absolute atomic E-state index is 12.6. The molecule has 0 bridgehead atoms. The first kappa shape index (κ1) is 18.3. The number of rotatable bonds is 5. The summed E-state index contributed by atoms with van der Waals surface area (Å²) in [6.07, 6.45) is 4.95. The summed E-state index contributed by atoms with van der Waals surface area (Å²) >= 11 is 0. The van der Waals surface area contributed by atoms with Crippen LogP contribution in [0.15, 0.2) is 76.9 Å². The molecule has 4 rings (SSSR count). The van der Waals surface area contributed by atoms with Crippen molar-refractivity contribution in [3.63, 3.8) is 0 Å². The van der Waals surface area contributed by atoms with Crippen LogP contribution in [0.4, 0.5) is 0 Å². The summed E-state index contributed by atoms with van der Waals surface area (Å²) in [7, 11) is 0. The molecule has 2 heterocycles. The Morgan fingerprint density at radius 3 is 2.59 bits per heavy atom. The number of aryl methyl sites for hydroxylation is 1. The van der Waals surface area contributed by atoms with Crippen molar-refractivity contribution >= 4 is 22.9 Å². The Kier molecular flexibility index (Phi) is 4.98. The molecule has 8 heteroatoms. The zero-order chi connectivity index (χ0) is 20.2. The van der Waals surface area contributed by atoms with E-state index in [-0.39, 0.29) is 11.3 Å². The lowest BCUT2D eigenvalue weighted by Gasteiger charge is -2.08. The molecule has 144 valence electrons. The van der Waals surface area contributed by atoms with Gasteiger partial charge in [-0.05, 0) is 25.1 Å². The highest BCUT2D eigenvalue weighted by molar-refractivity contribution is 6.04. The third-order valence-corrected chi connectivity index (χ3v) is 4.39. The van der Waals surface area contributed by atoms with Crippen LogP contribution < -0.4 is 11.0 Å². The van der Waals surface area contributed by atoms with Crippen LogP contribution >= 0.6 is 0 Å². The van der Waals surface area contributed by atoms with Crippen LogP contribution in [0, 0.1) is 0 Å². The lowest BCUT2D eigenvalue weighted by Crippen LogP contribution is -2.28. The Balaban J connectivity index is 1.56. The van der Waals surface area contributed by atoms with Gasteiger partial charge in [0.25, 0.3) is 11.5 Å². The minimum Gasteiger partial charge on any atom is -0.267 e. The van der Waals surface area contributed by atoms with Gasteiger partial charge in [-0.25, -0.2) is 14.8 Å². The maximum atomic E-state index is 12.6. The summed E-state index contributed by atoms with van der Waals surface area (Å²) < 4.78 is 2.99. The third-order valence-electron chi connectivity index (χ3n) is 4.39. The highest BCUT2D eigenvalue weighted by Gasteiger charge is 2.15. The number of amides is 1. The molecular formula is C21H18N6O2. The second kappa shape index (κ2) is 7.89. The highest BCUT2D eigenvalue weighted by atomic mass is 16.2. The molecule has 0 radical (unpaired) electrons. The average molecular weight is 386 g/mol. The normalized spacial score (nSPS) is 11.2. The predicted molar refractivity (Wildman–Crippen MR) is 110 cm³/mol. The molecule has 0 saturated carbocycles. The minimum absolute atomic E-state index is 0.152. The second-order valence-electron chi connectivity index (χ2n) is 6.27. The Labute approximate surface area is 166 Å². The van der Waals surface area contributed by atoms with Gasteiger partial charge in [-0.2, -0.15) is 15.3 Å². The number of para-hydroxylation sites is 1. The van der Waals surface area contributed by atoms with Gasteiger partial charge in [-0.1, -0.05) is 36.4 Å². The summed E-state index contributed by atoms with van der Waals surface area (Å²) in [5.41, 5.74) is 4.05. The Morgan fingerprint density at radius 1 is 1.10 bits per heavy atom. The molecule has 8 nitrogen and oxygen atoms in total. The molecule has 0 spiro atoms. The fourth-order valence-electron chi connectivity index (χ4n) is 2.96. The zero-order valence-corrected chi connectivity index (χ0v) is 15.7. The van der Waals surface area contributed by atoms with E-state index in [1.165, 1.54) is 10.9 Å². The smallest absolute Gasteiger partial charge is 0.267 e. The minimum atomic E-state index is -0.491. The van der Waals surface area contributed by atoms with Crippen LogP contribution in [0.5, 0.6) is 0 Å². The zero-order valence-electron chi connectivity index (χ0n) is 15.7. The van der Waals surface area contributed by atoms with Gasteiger partial charge in [0.15, 0.2) is 5.69 Å². The third kappa shape index (κ3) is 3.68. The van der Waals surface area contributed by atoms with Gasteiger partial charge in [-0.3, -0.25) is 9.59 Å². The van der Waals surface area contributed by atoms with E-state index in [1.807, 2.05) is 30.3 Å². The van der Waals surface area contributed by atoms with E-state index in [0.717, 1.165) is 11.3 Å². The molecule has 0 atom stereocenters. The van der Waals surface area contributed by atoms with E-state index < -0.39 is 5.91 Å². The molecule has 29 heavy (non-hydrogen) atoms. The van der Waals surface area contributed by atoms with Gasteiger partial charge in [0, 0.05) is 23.7 Å². The lowest BCUT2D eigenvalue weighted by molar-refractivity contribution is 0.0949. The van der Waals surface area contributed by atoms with E-state index in [9.17, 15) is 9.59 Å². The van der Waals surface area contributed by atoms with Gasteiger partial charge in [-0.15, -0.1) is 0 Å². The molecule has 2 aromatic carbocycles. The van der Waals surface area contributed by atoms with Crippen LogP contribution in [0.2, 0.25) is 0 Å². The predicted octanol–water partition coefficient (Wildman–Crippen LogP) is 2.37. The molecular weight excluding hydrogens is 368 g/mol. The van der Waals surface area contributed by atoms with Crippen molar-refractivity contribution in [3.8, 4) is 5.69 Å². The monoisotopic (exact) mass is 386 g/mol. The maximum Gasteiger partial charge on any atom is 0.292 e. The van der Waals surface area contributed by atoms with Gasteiger partial charge in [0.1, 0.15) is 0 Å². The van der Waals surface area contributed by atoms with Crippen LogP contribution in [0.25, 0.3) is 16.5 Å². The standard InChI is InChI=1S/C21H18N6O2/c1-2-26-21(29)18-11-7-6-10-17(18)19(25-26)20(28)24-22-12-15-13-23-27(14-15)16-8-4-3-5-9-16/h3-14H,2H2,1H3,(H,24,28)/b22-12-. The van der Waals surface area contributed by atoms with Crippen LogP contribution in [0.1, 0.15) is 23.0 Å². The molecule has 0 aliphatic heterocycles. The van der Waals surface area contributed by atoms with Crippen molar-refractivity contribution in [1.29, 1.82) is 0 Å². The van der Waals surface area contributed by atoms with Crippen LogP contribution in [-0.4, -0.2) is 31.7 Å². The molecule has 2 aromatic heterocycles. The number of aromatic nitrogens is 4. The first-order valence-electron chi connectivity index (χ1n) is 9.10. The number of hydrogen-bond acceptors (Lipinski definition) is 5. The number of nitrogens with one attached hydrogen (secondary N) is 1. The fourth-order valence-corrected chi connectivity index (χ4v) is 2.96. The largest absolute Gasteiger partial charge is 0.292 e. The van der Waals surface area contributed by atoms with Crippen molar-refractivity contribution in [2.45, 2.75) is 13.5 Å². The number of hydrazone groups is 1. The number of fused-ring (bicyclic) bond motifs is 1. The molecule has 1 N–H and O–H groups in total. The van der Waals surface area contributed by atoms with Gasteiger partial charge in [0.05, 0.1) is 23.5 Å². The molecule has 4 aromatic rings. The topological polar surface area (TPSA) is 94.2 Å². The average Bonchev–Trinajstić information content (AvgIpc) is 3.24. The van der Waals surface area contributed by atoms with E-state index in [0.29, 0.717) is 17.3 Å². The number of carbonyl (C=O) groups excluding carboxylic acids is 1. The van der Waals surface area contributed by atoms with Crippen molar-refractivity contribution in [3.05, 3.63) is 88.6 Å². The quantitative estimate of drug-likeness (QED) is 0.421. The van der Waals surface area contributed by atoms with Crippen LogP contribution in [0.3, 0.4) is 0 Å². The Hall–Kier alpha value is -4.07. The van der Waals surface area contributed by atoms with E-state index in [4.69, 9.17) is 0 Å². The first-order chi connectivity index (χ1) is 14.2. The lowest BCUT2D eigenvalue weighted by atomic mass is 10.1. The SMILES string of the molecule is CCn1nc(C(=O)N/N=C\c2cnn(-c3ccccc3)c2)c2ccccc2c1=O. The summed E-state index contributed by atoms with van der Waals surface area (Å²) in [4.78, 5) is 25.0. The van der Waals surface area contributed by atoms with Crippen LogP contribution in [-0.2, 0) is 6.54 Å². The van der Waals surface area contributed by atoms with Gasteiger partial charge < -0.3 is 0 Å². The van der Waals surface area contributed by atoms with Crippen molar-refractivity contribution in [1.82, 2.24) is 25.0 Å². The van der Waals surface area contributed by atoms with E-state index >= 15 is 0 Å². The van der Waals surface area contributed by atoms with E-state index in [1.54, 1.807) is 48.3 Å². The first-order valence-corrected chi connectivity index (χ1v) is 9.10. The summed E-state index contributed by atoms with van der Waals surface area (Å²) in [5.74, 6) is -0.491. The van der Waals surface area contributed by atoms with E-state index in [2.05, 4.69) is 20.7 Å². The molecule has 0 unspecified atom stereocenters. The Morgan fingerprint density at radius 2 is 1.83 bits per heavy atom. The molecule has 1 amide bonds. The molecule has 0 aliphatic carbocycles. The summed E-state index contributed by atoms with van der Waals surface area (Å²) in [6, 6.07) is 16.6. The molecule has 0 aliphatic rings. The van der Waals surface area contributed by atoms with Crippen molar-refractivity contribution in [2.75, 3.05) is 0 Å². The van der Waals surface area contributed by atoms with Crippen molar-refractivity contribution < 1.29 is 4.79 Å². The molecule has 0 saturated heterocycles. The second-order valence-corrected chi connectivity index (χ2v) is 6.27. The number of benzene rings is 2.